The average Bonchev–Trinajstić information content (AvgIpc) is 3.00. The van der Waals surface area contributed by atoms with Gasteiger partial charge in [-0.05, 0) is 36.9 Å². The van der Waals surface area contributed by atoms with Crippen molar-refractivity contribution < 1.29 is 8.42 Å². The first-order chi connectivity index (χ1) is 11.1. The fourth-order valence-corrected chi connectivity index (χ4v) is 4.61. The summed E-state index contributed by atoms with van der Waals surface area (Å²) in [5.74, 6) is 0.567. The molecule has 3 rings (SSSR count). The second kappa shape index (κ2) is 7.32. The third kappa shape index (κ3) is 4.34. The molecule has 5 heteroatoms. The molecule has 1 saturated heterocycles. The molecule has 2 heterocycles. The molecule has 0 radical (unpaired) electrons. The molecule has 2 aliphatic heterocycles. The van der Waals surface area contributed by atoms with E-state index in [4.69, 9.17) is 0 Å². The molecule has 0 bridgehead atoms. The normalized spacial score (nSPS) is 23.1. The highest BCUT2D eigenvalue weighted by Gasteiger charge is 2.28. The first kappa shape index (κ1) is 16.9. The maximum Gasteiger partial charge on any atom is 0.151 e. The smallest absolute Gasteiger partial charge is 0.151 e. The molecule has 128 valence electrons. The lowest BCUT2D eigenvalue weighted by Crippen LogP contribution is -2.43. The Kier molecular flexibility index (Phi) is 5.39. The Labute approximate surface area is 140 Å². The zero-order valence-electron chi connectivity index (χ0n) is 14.1. The molecule has 0 aliphatic carbocycles. The maximum atomic E-state index is 11.8. The van der Waals surface area contributed by atoms with E-state index in [0.29, 0.717) is 18.3 Å². The standard InChI is InChI=1S/C18H28N2O2S/c1-2-23(21,22)13-12-20-10-5-8-18(20)15-19-11-9-16-6-3-4-7-17(16)14-19/h3-4,6-7,18H,2,5,8-15H2,1H3. The van der Waals surface area contributed by atoms with Crippen molar-refractivity contribution in [3.63, 3.8) is 0 Å². The van der Waals surface area contributed by atoms with Crippen LogP contribution in [0.25, 0.3) is 0 Å². The lowest BCUT2D eigenvalue weighted by Gasteiger charge is -2.34. The first-order valence-electron chi connectivity index (χ1n) is 8.81. The van der Waals surface area contributed by atoms with Gasteiger partial charge in [0, 0.05) is 38.0 Å². The summed E-state index contributed by atoms with van der Waals surface area (Å²) >= 11 is 0. The van der Waals surface area contributed by atoms with E-state index in [9.17, 15) is 8.42 Å². The van der Waals surface area contributed by atoms with E-state index in [1.54, 1.807) is 6.92 Å². The van der Waals surface area contributed by atoms with Crippen molar-refractivity contribution in [1.29, 1.82) is 0 Å². The third-order valence-electron chi connectivity index (χ3n) is 5.31. The summed E-state index contributed by atoms with van der Waals surface area (Å²) in [7, 11) is -2.86. The lowest BCUT2D eigenvalue weighted by atomic mass is 9.99. The summed E-state index contributed by atoms with van der Waals surface area (Å²) in [5, 5.41) is 0. The second-order valence-corrected chi connectivity index (χ2v) is 9.29. The van der Waals surface area contributed by atoms with Gasteiger partial charge in [-0.3, -0.25) is 9.80 Å². The highest BCUT2D eigenvalue weighted by molar-refractivity contribution is 7.91. The molecule has 0 saturated carbocycles. The molecule has 1 atom stereocenters. The average molecular weight is 337 g/mol. The molecule has 23 heavy (non-hydrogen) atoms. The van der Waals surface area contributed by atoms with Crippen LogP contribution in [-0.2, 0) is 22.8 Å². The lowest BCUT2D eigenvalue weighted by molar-refractivity contribution is 0.167. The van der Waals surface area contributed by atoms with E-state index < -0.39 is 9.84 Å². The molecular formula is C18H28N2O2S. The Bertz CT molecular complexity index is 630. The Hall–Kier alpha value is -0.910. The van der Waals surface area contributed by atoms with E-state index >= 15 is 0 Å². The van der Waals surface area contributed by atoms with Crippen LogP contribution in [0.15, 0.2) is 24.3 Å². The molecule has 4 nitrogen and oxygen atoms in total. The highest BCUT2D eigenvalue weighted by atomic mass is 32.2. The number of likely N-dealkylation sites (tertiary alicyclic amines) is 1. The number of benzene rings is 1. The Morgan fingerprint density at radius 1 is 1.17 bits per heavy atom. The molecule has 2 aliphatic rings. The van der Waals surface area contributed by atoms with E-state index in [-0.39, 0.29) is 5.75 Å². The predicted octanol–water partition coefficient (Wildman–Crippen LogP) is 1.94. The number of hydrogen-bond acceptors (Lipinski definition) is 4. The minimum absolute atomic E-state index is 0.258. The summed E-state index contributed by atoms with van der Waals surface area (Å²) in [5.41, 5.74) is 2.94. The van der Waals surface area contributed by atoms with Crippen LogP contribution in [0.2, 0.25) is 0 Å². The monoisotopic (exact) mass is 336 g/mol. The fraction of sp³-hybridized carbons (Fsp3) is 0.667. The van der Waals surface area contributed by atoms with E-state index in [1.165, 1.54) is 24.0 Å². The van der Waals surface area contributed by atoms with Gasteiger partial charge in [-0.15, -0.1) is 0 Å². The number of rotatable bonds is 6. The number of fused-ring (bicyclic) bond motifs is 1. The van der Waals surface area contributed by atoms with Crippen LogP contribution in [0.4, 0.5) is 0 Å². The topological polar surface area (TPSA) is 40.6 Å². The summed E-state index contributed by atoms with van der Waals surface area (Å²) < 4.78 is 23.5. The largest absolute Gasteiger partial charge is 0.298 e. The summed E-state index contributed by atoms with van der Waals surface area (Å²) in [4.78, 5) is 4.94. The van der Waals surface area contributed by atoms with Crippen molar-refractivity contribution in [2.24, 2.45) is 0 Å². The van der Waals surface area contributed by atoms with Crippen molar-refractivity contribution in [3.8, 4) is 0 Å². The van der Waals surface area contributed by atoms with Crippen LogP contribution in [0.5, 0.6) is 0 Å². The Morgan fingerprint density at radius 3 is 2.74 bits per heavy atom. The molecule has 1 aromatic carbocycles. The number of nitrogens with zero attached hydrogens (tertiary/aromatic N) is 2. The molecule has 1 unspecified atom stereocenters. The van der Waals surface area contributed by atoms with Gasteiger partial charge in [-0.25, -0.2) is 8.42 Å². The van der Waals surface area contributed by atoms with Crippen molar-refractivity contribution >= 4 is 9.84 Å². The van der Waals surface area contributed by atoms with E-state index in [2.05, 4.69) is 34.1 Å². The second-order valence-electron chi connectivity index (χ2n) is 6.82. The van der Waals surface area contributed by atoms with Gasteiger partial charge in [0.25, 0.3) is 0 Å². The minimum atomic E-state index is -2.86. The molecular weight excluding hydrogens is 308 g/mol. The molecule has 0 N–H and O–H groups in total. The highest BCUT2D eigenvalue weighted by Crippen LogP contribution is 2.23. The maximum absolute atomic E-state index is 11.8. The minimum Gasteiger partial charge on any atom is -0.298 e. The van der Waals surface area contributed by atoms with Crippen molar-refractivity contribution in [2.75, 3.05) is 37.7 Å². The van der Waals surface area contributed by atoms with Crippen molar-refractivity contribution in [1.82, 2.24) is 9.80 Å². The van der Waals surface area contributed by atoms with Crippen LogP contribution in [0.1, 0.15) is 30.9 Å². The quantitative estimate of drug-likeness (QED) is 0.796. The van der Waals surface area contributed by atoms with Gasteiger partial charge in [0.1, 0.15) is 0 Å². The van der Waals surface area contributed by atoms with Gasteiger partial charge in [-0.1, -0.05) is 31.2 Å². The van der Waals surface area contributed by atoms with Gasteiger partial charge in [0.15, 0.2) is 9.84 Å². The van der Waals surface area contributed by atoms with Gasteiger partial charge in [0.2, 0.25) is 0 Å². The zero-order valence-corrected chi connectivity index (χ0v) is 14.9. The van der Waals surface area contributed by atoms with Crippen LogP contribution in [0.3, 0.4) is 0 Å². The fourth-order valence-electron chi connectivity index (χ4n) is 3.81. The van der Waals surface area contributed by atoms with Crippen LogP contribution in [0, 0.1) is 0 Å². The van der Waals surface area contributed by atoms with Crippen LogP contribution >= 0.6 is 0 Å². The summed E-state index contributed by atoms with van der Waals surface area (Å²) in [6.45, 7) is 6.71. The Balaban J connectivity index is 1.55. The van der Waals surface area contributed by atoms with E-state index in [0.717, 1.165) is 32.6 Å². The van der Waals surface area contributed by atoms with E-state index in [1.807, 2.05) is 0 Å². The molecule has 0 amide bonds. The first-order valence-corrected chi connectivity index (χ1v) is 10.6. The molecule has 0 aromatic heterocycles. The number of sulfone groups is 1. The predicted molar refractivity (Wildman–Crippen MR) is 94.3 cm³/mol. The summed E-state index contributed by atoms with van der Waals surface area (Å²) in [6.07, 6.45) is 3.53. The SMILES string of the molecule is CCS(=O)(=O)CCN1CCCC1CN1CCc2ccccc2C1. The number of hydrogen-bond donors (Lipinski definition) is 0. The molecule has 1 fully saturated rings. The zero-order chi connectivity index (χ0) is 16.3. The van der Waals surface area contributed by atoms with Crippen LogP contribution in [-0.4, -0.2) is 61.9 Å². The van der Waals surface area contributed by atoms with Crippen LogP contribution < -0.4 is 0 Å². The molecule has 1 aromatic rings. The van der Waals surface area contributed by atoms with Gasteiger partial charge >= 0.3 is 0 Å². The van der Waals surface area contributed by atoms with Crippen molar-refractivity contribution in [2.45, 2.75) is 38.8 Å². The van der Waals surface area contributed by atoms with Gasteiger partial charge in [-0.2, -0.15) is 0 Å². The summed E-state index contributed by atoms with van der Waals surface area (Å²) in [6, 6.07) is 9.25. The van der Waals surface area contributed by atoms with Crippen molar-refractivity contribution in [3.05, 3.63) is 35.4 Å². The Morgan fingerprint density at radius 2 is 1.96 bits per heavy atom. The van der Waals surface area contributed by atoms with Gasteiger partial charge < -0.3 is 0 Å². The molecule has 0 spiro atoms. The van der Waals surface area contributed by atoms with Gasteiger partial charge in [0.05, 0.1) is 5.75 Å². The third-order valence-corrected chi connectivity index (χ3v) is 6.99.